The highest BCUT2D eigenvalue weighted by atomic mass is 127. The summed E-state index contributed by atoms with van der Waals surface area (Å²) < 4.78 is 10.6. The van der Waals surface area contributed by atoms with Gasteiger partial charge in [-0.2, -0.15) is 0 Å². The molecule has 0 radical (unpaired) electrons. The number of hydrogen-bond acceptors (Lipinski definition) is 5. The summed E-state index contributed by atoms with van der Waals surface area (Å²) in [5.41, 5.74) is 1.20. The molecule has 1 aromatic carbocycles. The van der Waals surface area contributed by atoms with Crippen LogP contribution in [0, 0.1) is 0 Å². The van der Waals surface area contributed by atoms with Crippen LogP contribution in [0.4, 0.5) is 0 Å². The molecule has 1 aromatic rings. The van der Waals surface area contributed by atoms with Crippen molar-refractivity contribution in [2.24, 2.45) is 4.99 Å². The Morgan fingerprint density at radius 3 is 2.59 bits per heavy atom. The van der Waals surface area contributed by atoms with Crippen LogP contribution in [0.15, 0.2) is 29.3 Å². The number of benzene rings is 1. The second kappa shape index (κ2) is 17.0. The van der Waals surface area contributed by atoms with Gasteiger partial charge in [0.05, 0.1) is 6.54 Å². The first-order valence-electron chi connectivity index (χ1n) is 11.3. The molecule has 0 heterocycles. The first kappa shape index (κ1) is 28.4. The van der Waals surface area contributed by atoms with E-state index in [1.54, 1.807) is 7.11 Å². The molecule has 1 aliphatic carbocycles. The van der Waals surface area contributed by atoms with E-state index >= 15 is 0 Å². The summed E-state index contributed by atoms with van der Waals surface area (Å²) in [6, 6.07) is 8.27. The second-order valence-electron chi connectivity index (χ2n) is 7.86. The minimum absolute atomic E-state index is 0. The van der Waals surface area contributed by atoms with Crippen LogP contribution in [0.3, 0.4) is 0 Å². The molecular weight excluding hydrogens is 521 g/mol. The van der Waals surface area contributed by atoms with Gasteiger partial charge in [-0.05, 0) is 57.4 Å². The molecule has 182 valence electrons. The van der Waals surface area contributed by atoms with Gasteiger partial charge in [-0.3, -0.25) is 9.79 Å². The number of carbonyl (C=O) groups is 1. The van der Waals surface area contributed by atoms with E-state index in [1.165, 1.54) is 5.56 Å². The van der Waals surface area contributed by atoms with Gasteiger partial charge in [0.2, 0.25) is 0 Å². The molecule has 0 saturated heterocycles. The lowest BCUT2D eigenvalue weighted by molar-refractivity contribution is -0.123. The van der Waals surface area contributed by atoms with Gasteiger partial charge in [0, 0.05) is 45.9 Å². The number of carbonyl (C=O) groups excluding carboxylic acids is 1. The summed E-state index contributed by atoms with van der Waals surface area (Å²) >= 11 is 0. The van der Waals surface area contributed by atoms with Crippen molar-refractivity contribution in [3.63, 3.8) is 0 Å². The van der Waals surface area contributed by atoms with E-state index in [0.29, 0.717) is 11.8 Å². The number of rotatable bonds is 15. The van der Waals surface area contributed by atoms with Crippen LogP contribution >= 0.6 is 24.0 Å². The fourth-order valence-corrected chi connectivity index (χ4v) is 2.99. The Labute approximate surface area is 209 Å². The maximum Gasteiger partial charge on any atom is 0.258 e. The molecule has 1 saturated carbocycles. The predicted octanol–water partition coefficient (Wildman–Crippen LogP) is 2.03. The Bertz CT molecular complexity index is 668. The highest BCUT2D eigenvalue weighted by Gasteiger charge is 2.23. The molecular formula is C23H40IN5O3. The van der Waals surface area contributed by atoms with Gasteiger partial charge in [-0.15, -0.1) is 24.0 Å². The Morgan fingerprint density at radius 1 is 1.19 bits per heavy atom. The molecule has 0 unspecified atom stereocenters. The van der Waals surface area contributed by atoms with Crippen molar-refractivity contribution in [1.82, 2.24) is 20.9 Å². The van der Waals surface area contributed by atoms with Crippen LogP contribution in [-0.4, -0.2) is 82.9 Å². The molecule has 0 spiro atoms. The van der Waals surface area contributed by atoms with Crippen LogP contribution in [0.25, 0.3) is 0 Å². The smallest absolute Gasteiger partial charge is 0.258 e. The van der Waals surface area contributed by atoms with E-state index in [-0.39, 0.29) is 36.5 Å². The summed E-state index contributed by atoms with van der Waals surface area (Å²) in [4.78, 5) is 18.6. The molecule has 9 heteroatoms. The van der Waals surface area contributed by atoms with Crippen molar-refractivity contribution in [2.45, 2.75) is 38.6 Å². The zero-order valence-corrected chi connectivity index (χ0v) is 22.0. The van der Waals surface area contributed by atoms with Gasteiger partial charge in [0.25, 0.3) is 5.91 Å². The molecule has 3 N–H and O–H groups in total. The minimum Gasteiger partial charge on any atom is -0.484 e. The number of halogens is 1. The number of likely N-dealkylation sites (N-methyl/N-ethyl adjacent to an activating group) is 1. The van der Waals surface area contributed by atoms with Gasteiger partial charge < -0.3 is 30.3 Å². The van der Waals surface area contributed by atoms with Gasteiger partial charge in [-0.1, -0.05) is 12.1 Å². The van der Waals surface area contributed by atoms with Gasteiger partial charge in [0.1, 0.15) is 5.75 Å². The molecule has 1 aliphatic rings. The molecule has 8 nitrogen and oxygen atoms in total. The molecule has 0 bridgehead atoms. The Balaban J connectivity index is 0.00000512. The SMILES string of the molecule is CCNC(=NCCN(C)CCCOC)NCCc1ccc(OCC(=O)NC2CC2)cc1.I. The third kappa shape index (κ3) is 13.1. The van der Waals surface area contributed by atoms with Crippen molar-refractivity contribution < 1.29 is 14.3 Å². The summed E-state index contributed by atoms with van der Waals surface area (Å²) in [5.74, 6) is 1.51. The number of aliphatic imine (C=N–C) groups is 1. The third-order valence-corrected chi connectivity index (χ3v) is 4.93. The normalized spacial score (nSPS) is 13.4. The number of nitrogens with zero attached hydrogens (tertiary/aromatic N) is 2. The first-order valence-corrected chi connectivity index (χ1v) is 11.3. The largest absolute Gasteiger partial charge is 0.484 e. The van der Waals surface area contributed by atoms with Gasteiger partial charge in [-0.25, -0.2) is 0 Å². The quantitative estimate of drug-likeness (QED) is 0.132. The zero-order chi connectivity index (χ0) is 22.3. The number of ether oxygens (including phenoxy) is 2. The van der Waals surface area contributed by atoms with Crippen molar-refractivity contribution >= 4 is 35.8 Å². The molecule has 2 rings (SSSR count). The van der Waals surface area contributed by atoms with Crippen LogP contribution in [0.2, 0.25) is 0 Å². The summed E-state index contributed by atoms with van der Waals surface area (Å²) in [5, 5.41) is 9.60. The van der Waals surface area contributed by atoms with E-state index in [1.807, 2.05) is 24.3 Å². The lowest BCUT2D eigenvalue weighted by atomic mass is 10.1. The average Bonchev–Trinajstić information content (AvgIpc) is 3.57. The number of nitrogens with one attached hydrogen (secondary N) is 3. The third-order valence-electron chi connectivity index (χ3n) is 4.93. The number of amides is 1. The first-order chi connectivity index (χ1) is 15.1. The summed E-state index contributed by atoms with van der Waals surface area (Å²) in [7, 11) is 3.84. The molecule has 0 aliphatic heterocycles. The minimum atomic E-state index is -0.0489. The maximum atomic E-state index is 11.7. The summed E-state index contributed by atoms with van der Waals surface area (Å²) in [6.07, 6.45) is 4.08. The lowest BCUT2D eigenvalue weighted by Gasteiger charge is -2.16. The van der Waals surface area contributed by atoms with E-state index in [9.17, 15) is 4.79 Å². The highest BCUT2D eigenvalue weighted by molar-refractivity contribution is 14.0. The fourth-order valence-electron chi connectivity index (χ4n) is 2.99. The average molecular weight is 562 g/mol. The maximum absolute atomic E-state index is 11.7. The van der Waals surface area contributed by atoms with Gasteiger partial charge in [0.15, 0.2) is 12.6 Å². The number of hydrogen-bond donors (Lipinski definition) is 3. The second-order valence-corrected chi connectivity index (χ2v) is 7.86. The van der Waals surface area contributed by atoms with Gasteiger partial charge >= 0.3 is 0 Å². The van der Waals surface area contributed by atoms with Crippen LogP contribution < -0.4 is 20.7 Å². The van der Waals surface area contributed by atoms with Crippen molar-refractivity contribution in [3.05, 3.63) is 29.8 Å². The molecule has 0 aromatic heterocycles. The Hall–Kier alpha value is -1.59. The van der Waals surface area contributed by atoms with E-state index in [4.69, 9.17) is 9.47 Å². The molecule has 32 heavy (non-hydrogen) atoms. The van der Waals surface area contributed by atoms with E-state index in [0.717, 1.165) is 71.0 Å². The number of guanidine groups is 1. The Morgan fingerprint density at radius 2 is 1.94 bits per heavy atom. The molecule has 0 atom stereocenters. The van der Waals surface area contributed by atoms with E-state index < -0.39 is 0 Å². The van der Waals surface area contributed by atoms with Crippen LogP contribution in [0.1, 0.15) is 31.7 Å². The zero-order valence-electron chi connectivity index (χ0n) is 19.7. The Kier molecular flexibility index (Phi) is 15.1. The van der Waals surface area contributed by atoms with Crippen LogP contribution in [-0.2, 0) is 16.0 Å². The van der Waals surface area contributed by atoms with Crippen LogP contribution in [0.5, 0.6) is 5.75 Å². The van der Waals surface area contributed by atoms with E-state index in [2.05, 4.69) is 39.8 Å². The van der Waals surface area contributed by atoms with Crippen molar-refractivity contribution in [1.29, 1.82) is 0 Å². The molecule has 1 fully saturated rings. The number of methoxy groups -OCH3 is 1. The topological polar surface area (TPSA) is 87.2 Å². The van der Waals surface area contributed by atoms with Crippen molar-refractivity contribution in [3.8, 4) is 5.75 Å². The summed E-state index contributed by atoms with van der Waals surface area (Å²) in [6.45, 7) is 7.23. The van der Waals surface area contributed by atoms with Crippen molar-refractivity contribution in [2.75, 3.05) is 60.1 Å². The lowest BCUT2D eigenvalue weighted by Crippen LogP contribution is -2.39. The highest BCUT2D eigenvalue weighted by Crippen LogP contribution is 2.18. The predicted molar refractivity (Wildman–Crippen MR) is 140 cm³/mol. The standard InChI is InChI=1S/C23H39N5O3.HI/c1-4-24-23(26-14-16-28(2)15-5-17-30-3)25-13-12-19-6-10-21(11-7-19)31-18-22(29)27-20-8-9-20;/h6-7,10-11,20H,4-5,8-9,12-18H2,1-3H3,(H,27,29)(H2,24,25,26);1H. The fraction of sp³-hybridized carbons (Fsp3) is 0.652. The molecule has 1 amide bonds. The monoisotopic (exact) mass is 561 g/mol.